The van der Waals surface area contributed by atoms with Crippen LogP contribution >= 0.6 is 0 Å². The summed E-state index contributed by atoms with van der Waals surface area (Å²) in [5.41, 5.74) is 4.61. The first-order valence-corrected chi connectivity index (χ1v) is 7.05. The van der Waals surface area contributed by atoms with Crippen LogP contribution in [0.25, 0.3) is 0 Å². The molecule has 0 bridgehead atoms. The van der Waals surface area contributed by atoms with Gasteiger partial charge in [-0.1, -0.05) is 0 Å². The van der Waals surface area contributed by atoms with Crippen molar-refractivity contribution in [2.45, 2.75) is 0 Å². The van der Waals surface area contributed by atoms with Crippen LogP contribution in [0.4, 0.5) is 10.5 Å². The molecule has 0 aliphatic rings. The fourth-order valence-corrected chi connectivity index (χ4v) is 2.10. The van der Waals surface area contributed by atoms with Gasteiger partial charge in [0.15, 0.2) is 0 Å². The number of hydrogen-bond acceptors (Lipinski definition) is 4. The third-order valence-corrected chi connectivity index (χ3v) is 3.52. The molecule has 1 atom stereocenters. The van der Waals surface area contributed by atoms with Crippen molar-refractivity contribution in [2.75, 3.05) is 5.32 Å². The normalized spacial score (nSPS) is 13.4. The number of phenols is 1. The van der Waals surface area contributed by atoms with Crippen molar-refractivity contribution >= 4 is 30.2 Å². The van der Waals surface area contributed by atoms with Gasteiger partial charge in [-0.15, -0.1) is 0 Å². The maximum atomic E-state index is 10.8. The molecule has 0 saturated carbocycles. The minimum absolute atomic E-state index is 0. The third kappa shape index (κ3) is 4.21. The second kappa shape index (κ2) is 5.77. The van der Waals surface area contributed by atoms with Crippen molar-refractivity contribution in [3.05, 3.63) is 18.2 Å². The van der Waals surface area contributed by atoms with E-state index in [1.807, 2.05) is 5.32 Å². The van der Waals surface area contributed by atoms with Crippen LogP contribution in [0.15, 0.2) is 18.2 Å². The summed E-state index contributed by atoms with van der Waals surface area (Å²) in [4.78, 5) is 10.5. The Morgan fingerprint density at radius 2 is 2.06 bits per heavy atom. The molecular formula is C7H8AsN2NaO5. The van der Waals surface area contributed by atoms with Gasteiger partial charge in [-0.25, -0.2) is 0 Å². The van der Waals surface area contributed by atoms with Crippen LogP contribution in [0.3, 0.4) is 0 Å². The van der Waals surface area contributed by atoms with Crippen molar-refractivity contribution in [3.63, 3.8) is 0 Å². The van der Waals surface area contributed by atoms with Crippen LogP contribution in [-0.2, 0) is 3.74 Å². The number of phenolic OH excluding ortho intramolecular Hbond substituents is 1. The number of anilines is 1. The SMILES string of the molecule is NC(=O)Nc1cc([As](=O)([O-])O)ccc1O.[Na+]. The summed E-state index contributed by atoms with van der Waals surface area (Å²) < 4.78 is 30.0. The zero-order valence-corrected chi connectivity index (χ0v) is 12.3. The molecule has 1 rings (SSSR count). The summed E-state index contributed by atoms with van der Waals surface area (Å²) in [6, 6.07) is 2.03. The molecule has 0 saturated heterocycles. The number of carbonyl (C=O) groups is 1. The molecule has 0 aliphatic carbocycles. The number of nitrogens with one attached hydrogen (secondary N) is 1. The molecule has 0 heterocycles. The molecule has 82 valence electrons. The number of benzene rings is 1. The van der Waals surface area contributed by atoms with Crippen LogP contribution in [0.2, 0.25) is 0 Å². The Labute approximate surface area is 116 Å². The van der Waals surface area contributed by atoms with Crippen molar-refractivity contribution < 1.29 is 51.4 Å². The molecule has 0 aromatic heterocycles. The molecule has 1 aromatic rings. The topological polar surface area (TPSA) is 136 Å². The third-order valence-electron chi connectivity index (χ3n) is 1.56. The van der Waals surface area contributed by atoms with E-state index in [1.165, 1.54) is 0 Å². The summed E-state index contributed by atoms with van der Waals surface area (Å²) in [6.07, 6.45) is 0. The van der Waals surface area contributed by atoms with Gasteiger partial charge < -0.3 is 0 Å². The van der Waals surface area contributed by atoms with Crippen molar-refractivity contribution in [3.8, 4) is 5.75 Å². The Morgan fingerprint density at radius 1 is 1.50 bits per heavy atom. The summed E-state index contributed by atoms with van der Waals surface area (Å²) >= 11 is -5.27. The summed E-state index contributed by atoms with van der Waals surface area (Å²) in [7, 11) is 0. The van der Waals surface area contributed by atoms with E-state index in [-0.39, 0.29) is 45.3 Å². The van der Waals surface area contributed by atoms with E-state index in [0.717, 1.165) is 18.2 Å². The summed E-state index contributed by atoms with van der Waals surface area (Å²) in [6.45, 7) is 0. The maximum absolute atomic E-state index is 10.8. The van der Waals surface area contributed by atoms with Crippen LogP contribution in [-0.4, -0.2) is 29.4 Å². The minimum Gasteiger partial charge on any atom is 1.00 e. The molecule has 0 fully saturated rings. The predicted octanol–water partition coefficient (Wildman–Crippen LogP) is -5.18. The second-order valence-electron chi connectivity index (χ2n) is 2.71. The Hall–Kier alpha value is -0.432. The molecule has 2 amide bonds. The minimum atomic E-state index is -5.27. The maximum Gasteiger partial charge on any atom is 1.00 e. The van der Waals surface area contributed by atoms with E-state index in [2.05, 4.69) is 0 Å². The Balaban J connectivity index is 0.00000225. The molecule has 16 heavy (non-hydrogen) atoms. The van der Waals surface area contributed by atoms with Gasteiger partial charge in [-0.05, 0) is 0 Å². The number of rotatable bonds is 2. The number of carbonyl (C=O) groups excluding carboxylic acids is 1. The van der Waals surface area contributed by atoms with Gasteiger partial charge >= 0.3 is 117 Å². The molecule has 7 nitrogen and oxygen atoms in total. The Kier molecular flexibility index (Phi) is 5.61. The summed E-state index contributed by atoms with van der Waals surface area (Å²) in [5, 5.41) is 11.2. The first-order valence-electron chi connectivity index (χ1n) is 3.74. The average Bonchev–Trinajstić information content (AvgIpc) is 2.06. The van der Waals surface area contributed by atoms with Crippen molar-refractivity contribution in [1.29, 1.82) is 0 Å². The zero-order chi connectivity index (χ0) is 11.6. The molecule has 5 N–H and O–H groups in total. The Morgan fingerprint density at radius 3 is 2.50 bits per heavy atom. The number of hydrogen-bond donors (Lipinski definition) is 4. The Bertz CT molecular complexity index is 446. The molecule has 0 aliphatic heterocycles. The van der Waals surface area contributed by atoms with Crippen molar-refractivity contribution in [2.24, 2.45) is 5.73 Å². The number of amides is 2. The van der Waals surface area contributed by atoms with E-state index in [1.54, 1.807) is 0 Å². The van der Waals surface area contributed by atoms with Gasteiger partial charge in [-0.2, -0.15) is 0 Å². The smallest absolute Gasteiger partial charge is 1.00 e. The van der Waals surface area contributed by atoms with E-state index in [0.29, 0.717) is 0 Å². The van der Waals surface area contributed by atoms with E-state index in [9.17, 15) is 17.7 Å². The summed E-state index contributed by atoms with van der Waals surface area (Å²) in [5.74, 6) is -0.346. The largest absolute Gasteiger partial charge is 1.00 e. The molecule has 9 heteroatoms. The standard InChI is InChI=1S/C7H9AsN2O5.Na/c9-7(12)10-5-3-4(8(13,14)15)1-2-6(5)11;/h1-3,11H,(H3,9,10,12)(H2,13,14,15);/q;+1/p-1. The zero-order valence-electron chi connectivity index (χ0n) is 8.38. The van der Waals surface area contributed by atoms with Crippen LogP contribution < -0.4 is 49.1 Å². The van der Waals surface area contributed by atoms with Gasteiger partial charge in [0.1, 0.15) is 0 Å². The number of aromatic hydroxyl groups is 1. The van der Waals surface area contributed by atoms with Gasteiger partial charge in [0.25, 0.3) is 0 Å². The van der Waals surface area contributed by atoms with E-state index in [4.69, 9.17) is 9.83 Å². The predicted molar refractivity (Wildman–Crippen MR) is 49.6 cm³/mol. The van der Waals surface area contributed by atoms with Crippen LogP contribution in [0.5, 0.6) is 5.75 Å². The fourth-order valence-electron chi connectivity index (χ4n) is 0.933. The first-order chi connectivity index (χ1) is 6.80. The number of urea groups is 1. The van der Waals surface area contributed by atoms with Crippen LogP contribution in [0, 0.1) is 0 Å². The van der Waals surface area contributed by atoms with E-state index >= 15 is 0 Å². The van der Waals surface area contributed by atoms with Gasteiger partial charge in [0, 0.05) is 0 Å². The first kappa shape index (κ1) is 15.6. The molecule has 0 spiro atoms. The average molecular weight is 298 g/mol. The van der Waals surface area contributed by atoms with Gasteiger partial charge in [0.05, 0.1) is 0 Å². The van der Waals surface area contributed by atoms with Crippen LogP contribution in [0.1, 0.15) is 0 Å². The fraction of sp³-hybridized carbons (Fsp3) is 0. The van der Waals surface area contributed by atoms with E-state index < -0.39 is 20.2 Å². The van der Waals surface area contributed by atoms with Gasteiger partial charge in [-0.3, -0.25) is 0 Å². The molecule has 1 unspecified atom stereocenters. The molecule has 1 aromatic carbocycles. The molecular weight excluding hydrogens is 290 g/mol. The number of primary amides is 1. The second-order valence-corrected chi connectivity index (χ2v) is 5.98. The molecule has 0 radical (unpaired) electrons. The number of nitrogens with two attached hydrogens (primary N) is 1. The van der Waals surface area contributed by atoms with Gasteiger partial charge in [0.2, 0.25) is 0 Å². The van der Waals surface area contributed by atoms with Crippen molar-refractivity contribution in [1.82, 2.24) is 0 Å². The monoisotopic (exact) mass is 298 g/mol. The quantitative estimate of drug-likeness (QED) is 0.320.